The molecular weight excluding hydrogens is 252 g/mol. The number of nitrogens with zero attached hydrogens (tertiary/aromatic N) is 3. The van der Waals surface area contributed by atoms with Gasteiger partial charge in [0.05, 0.1) is 11.3 Å². The maximum atomic E-state index is 12.6. The van der Waals surface area contributed by atoms with Crippen LogP contribution in [0.4, 0.5) is 5.69 Å². The normalized spacial score (nSPS) is 16.6. The van der Waals surface area contributed by atoms with Gasteiger partial charge in [0.1, 0.15) is 0 Å². The first-order valence-corrected chi connectivity index (χ1v) is 7.20. The second-order valence-corrected chi connectivity index (χ2v) is 5.54. The highest BCUT2D eigenvalue weighted by molar-refractivity contribution is 5.99. The minimum atomic E-state index is 0.0743. The Morgan fingerprint density at radius 1 is 1.30 bits per heavy atom. The van der Waals surface area contributed by atoms with Gasteiger partial charge in [-0.05, 0) is 26.8 Å². The summed E-state index contributed by atoms with van der Waals surface area (Å²) in [4.78, 5) is 21.2. The van der Waals surface area contributed by atoms with Gasteiger partial charge in [0.2, 0.25) is 0 Å². The van der Waals surface area contributed by atoms with Crippen molar-refractivity contribution >= 4 is 11.6 Å². The third-order valence-electron chi connectivity index (χ3n) is 3.87. The zero-order valence-electron chi connectivity index (χ0n) is 12.8. The maximum Gasteiger partial charge on any atom is 0.257 e. The monoisotopic (exact) mass is 276 g/mol. The second kappa shape index (κ2) is 6.22. The molecule has 0 spiro atoms. The Balaban J connectivity index is 2.09. The van der Waals surface area contributed by atoms with Crippen molar-refractivity contribution in [1.29, 1.82) is 0 Å². The summed E-state index contributed by atoms with van der Waals surface area (Å²) in [5.41, 5.74) is 2.43. The molecule has 0 aliphatic carbocycles. The van der Waals surface area contributed by atoms with Crippen LogP contribution in [-0.2, 0) is 0 Å². The van der Waals surface area contributed by atoms with Crippen molar-refractivity contribution in [2.45, 2.75) is 26.8 Å². The topological polar surface area (TPSA) is 48.5 Å². The van der Waals surface area contributed by atoms with Crippen molar-refractivity contribution in [3.8, 4) is 0 Å². The van der Waals surface area contributed by atoms with E-state index >= 15 is 0 Å². The molecule has 20 heavy (non-hydrogen) atoms. The third-order valence-corrected chi connectivity index (χ3v) is 3.87. The molecule has 1 saturated heterocycles. The standard InChI is InChI=1S/C15H24N4O/c1-11(2)18-5-7-19(8-6-18)15(20)13-10-17-12(3)9-14(13)16-4/h9-11H,5-8H2,1-4H3,(H,16,17). The fraction of sp³-hybridized carbons (Fsp3) is 0.600. The lowest BCUT2D eigenvalue weighted by molar-refractivity contribution is 0.0596. The minimum Gasteiger partial charge on any atom is -0.387 e. The smallest absolute Gasteiger partial charge is 0.257 e. The number of rotatable bonds is 3. The maximum absolute atomic E-state index is 12.6. The van der Waals surface area contributed by atoms with E-state index in [0.29, 0.717) is 11.6 Å². The summed E-state index contributed by atoms with van der Waals surface area (Å²) in [5.74, 6) is 0.0743. The largest absolute Gasteiger partial charge is 0.387 e. The van der Waals surface area contributed by atoms with Crippen LogP contribution in [0.2, 0.25) is 0 Å². The molecule has 5 nitrogen and oxygen atoms in total. The average Bonchev–Trinajstić information content (AvgIpc) is 2.46. The SMILES string of the molecule is CNc1cc(C)ncc1C(=O)N1CCN(C(C)C)CC1. The molecule has 1 N–H and O–H groups in total. The van der Waals surface area contributed by atoms with Crippen molar-refractivity contribution < 1.29 is 4.79 Å². The van der Waals surface area contributed by atoms with Crippen LogP contribution < -0.4 is 5.32 Å². The predicted octanol–water partition coefficient (Wildman–Crippen LogP) is 1.60. The van der Waals surface area contributed by atoms with Gasteiger partial charge in [-0.3, -0.25) is 14.7 Å². The van der Waals surface area contributed by atoms with E-state index in [1.165, 1.54) is 0 Å². The molecular formula is C15H24N4O. The summed E-state index contributed by atoms with van der Waals surface area (Å²) in [6, 6.07) is 2.46. The van der Waals surface area contributed by atoms with E-state index in [-0.39, 0.29) is 5.91 Å². The van der Waals surface area contributed by atoms with Crippen molar-refractivity contribution in [2.24, 2.45) is 0 Å². The second-order valence-electron chi connectivity index (χ2n) is 5.54. The first kappa shape index (κ1) is 14.8. The summed E-state index contributed by atoms with van der Waals surface area (Å²) in [5, 5.41) is 3.09. The van der Waals surface area contributed by atoms with Gasteiger partial charge in [0.15, 0.2) is 0 Å². The molecule has 110 valence electrons. The Morgan fingerprint density at radius 2 is 1.95 bits per heavy atom. The number of hydrogen-bond acceptors (Lipinski definition) is 4. The lowest BCUT2D eigenvalue weighted by Crippen LogP contribution is -2.50. The summed E-state index contributed by atoms with van der Waals surface area (Å²) in [6.07, 6.45) is 1.68. The quantitative estimate of drug-likeness (QED) is 0.911. The van der Waals surface area contributed by atoms with Crippen LogP contribution in [0.1, 0.15) is 29.9 Å². The number of amides is 1. The summed E-state index contributed by atoms with van der Waals surface area (Å²) >= 11 is 0. The zero-order chi connectivity index (χ0) is 14.7. The first-order chi connectivity index (χ1) is 9.52. The van der Waals surface area contributed by atoms with Crippen LogP contribution in [0.3, 0.4) is 0 Å². The van der Waals surface area contributed by atoms with Gasteiger partial charge in [-0.2, -0.15) is 0 Å². The molecule has 0 saturated carbocycles. The van der Waals surface area contributed by atoms with Gasteiger partial charge in [0, 0.05) is 51.2 Å². The molecule has 0 aromatic carbocycles. The molecule has 1 amide bonds. The summed E-state index contributed by atoms with van der Waals surface area (Å²) in [6.45, 7) is 9.77. The highest BCUT2D eigenvalue weighted by Crippen LogP contribution is 2.18. The molecule has 2 heterocycles. The van der Waals surface area contributed by atoms with Gasteiger partial charge < -0.3 is 10.2 Å². The lowest BCUT2D eigenvalue weighted by atomic mass is 10.1. The number of carbonyl (C=O) groups excluding carboxylic acids is 1. The van der Waals surface area contributed by atoms with E-state index in [1.807, 2.05) is 24.9 Å². The molecule has 2 rings (SSSR count). The molecule has 1 aromatic rings. The molecule has 1 fully saturated rings. The number of piperazine rings is 1. The van der Waals surface area contributed by atoms with Crippen LogP contribution in [0.15, 0.2) is 12.3 Å². The Bertz CT molecular complexity index is 479. The highest BCUT2D eigenvalue weighted by Gasteiger charge is 2.24. The number of nitrogens with one attached hydrogen (secondary N) is 1. The Kier molecular flexibility index (Phi) is 4.60. The summed E-state index contributed by atoms with van der Waals surface area (Å²) in [7, 11) is 1.84. The number of hydrogen-bond donors (Lipinski definition) is 1. The van der Waals surface area contributed by atoms with Gasteiger partial charge >= 0.3 is 0 Å². The zero-order valence-corrected chi connectivity index (χ0v) is 12.8. The van der Waals surface area contributed by atoms with E-state index in [9.17, 15) is 4.79 Å². The van der Waals surface area contributed by atoms with E-state index < -0.39 is 0 Å². The Hall–Kier alpha value is -1.62. The van der Waals surface area contributed by atoms with E-state index in [0.717, 1.165) is 37.6 Å². The van der Waals surface area contributed by atoms with Crippen LogP contribution in [0, 0.1) is 6.92 Å². The lowest BCUT2D eigenvalue weighted by Gasteiger charge is -2.37. The van der Waals surface area contributed by atoms with Crippen LogP contribution in [-0.4, -0.2) is 60.0 Å². The number of carbonyl (C=O) groups is 1. The van der Waals surface area contributed by atoms with Gasteiger partial charge in [-0.25, -0.2) is 0 Å². The molecule has 5 heteroatoms. The number of pyridine rings is 1. The molecule has 1 aromatic heterocycles. The van der Waals surface area contributed by atoms with E-state index in [2.05, 4.69) is 29.0 Å². The molecule has 0 atom stereocenters. The predicted molar refractivity (Wildman–Crippen MR) is 81.1 cm³/mol. The van der Waals surface area contributed by atoms with Gasteiger partial charge in [-0.15, -0.1) is 0 Å². The first-order valence-electron chi connectivity index (χ1n) is 7.20. The molecule has 0 radical (unpaired) electrons. The fourth-order valence-electron chi connectivity index (χ4n) is 2.55. The van der Waals surface area contributed by atoms with Gasteiger partial charge in [-0.1, -0.05) is 0 Å². The van der Waals surface area contributed by atoms with Gasteiger partial charge in [0.25, 0.3) is 5.91 Å². The van der Waals surface area contributed by atoms with Crippen LogP contribution in [0.25, 0.3) is 0 Å². The van der Waals surface area contributed by atoms with E-state index in [4.69, 9.17) is 0 Å². The average molecular weight is 276 g/mol. The van der Waals surface area contributed by atoms with Crippen molar-refractivity contribution in [3.05, 3.63) is 23.5 Å². The molecule has 1 aliphatic heterocycles. The van der Waals surface area contributed by atoms with Crippen LogP contribution >= 0.6 is 0 Å². The third kappa shape index (κ3) is 3.10. The molecule has 0 unspecified atom stereocenters. The van der Waals surface area contributed by atoms with Crippen molar-refractivity contribution in [3.63, 3.8) is 0 Å². The van der Waals surface area contributed by atoms with Crippen molar-refractivity contribution in [1.82, 2.24) is 14.8 Å². The minimum absolute atomic E-state index is 0.0743. The van der Waals surface area contributed by atoms with E-state index in [1.54, 1.807) is 6.20 Å². The molecule has 1 aliphatic rings. The van der Waals surface area contributed by atoms with Crippen molar-refractivity contribution in [2.75, 3.05) is 38.5 Å². The number of anilines is 1. The Morgan fingerprint density at radius 3 is 2.50 bits per heavy atom. The fourth-order valence-corrected chi connectivity index (χ4v) is 2.55. The molecule has 0 bridgehead atoms. The summed E-state index contributed by atoms with van der Waals surface area (Å²) < 4.78 is 0. The highest BCUT2D eigenvalue weighted by atomic mass is 16.2. The number of aromatic nitrogens is 1. The number of aryl methyl sites for hydroxylation is 1. The van der Waals surface area contributed by atoms with Crippen LogP contribution in [0.5, 0.6) is 0 Å². The Labute approximate surface area is 121 Å².